The van der Waals surface area contributed by atoms with Gasteiger partial charge < -0.3 is 5.32 Å². The lowest BCUT2D eigenvalue weighted by atomic mass is 9.65. The van der Waals surface area contributed by atoms with Gasteiger partial charge in [0, 0.05) is 11.9 Å². The summed E-state index contributed by atoms with van der Waals surface area (Å²) in [6, 6.07) is 4.46. The van der Waals surface area contributed by atoms with Gasteiger partial charge in [-0.2, -0.15) is 0 Å². The average molecular weight is 288 g/mol. The first-order valence-electron chi connectivity index (χ1n) is 8.51. The van der Waals surface area contributed by atoms with E-state index in [1.807, 2.05) is 0 Å². The van der Waals surface area contributed by atoms with Gasteiger partial charge in [0.1, 0.15) is 0 Å². The molecule has 2 nitrogen and oxygen atoms in total. The molecule has 1 aliphatic carbocycles. The monoisotopic (exact) mass is 288 g/mol. The quantitative estimate of drug-likeness (QED) is 0.860. The van der Waals surface area contributed by atoms with Crippen LogP contribution >= 0.6 is 0 Å². The Balaban J connectivity index is 2.08. The summed E-state index contributed by atoms with van der Waals surface area (Å²) in [6.45, 7) is 13.7. The molecule has 2 rings (SSSR count). The van der Waals surface area contributed by atoms with Crippen LogP contribution < -0.4 is 5.32 Å². The fourth-order valence-corrected chi connectivity index (χ4v) is 3.53. The minimum absolute atomic E-state index is 0.462. The van der Waals surface area contributed by atoms with Crippen molar-refractivity contribution in [2.24, 2.45) is 17.3 Å². The van der Waals surface area contributed by atoms with Crippen LogP contribution in [0.15, 0.2) is 18.3 Å². The summed E-state index contributed by atoms with van der Waals surface area (Å²) in [7, 11) is 0. The van der Waals surface area contributed by atoms with Crippen molar-refractivity contribution >= 4 is 0 Å². The zero-order chi connectivity index (χ0) is 15.5. The fourth-order valence-electron chi connectivity index (χ4n) is 3.53. The van der Waals surface area contributed by atoms with Gasteiger partial charge in [-0.05, 0) is 74.1 Å². The summed E-state index contributed by atoms with van der Waals surface area (Å²) in [5.74, 6) is 2.13. The van der Waals surface area contributed by atoms with Gasteiger partial charge in [0.25, 0.3) is 0 Å². The first kappa shape index (κ1) is 16.5. The molecular formula is C19H32N2. The Morgan fingerprint density at radius 1 is 1.33 bits per heavy atom. The summed E-state index contributed by atoms with van der Waals surface area (Å²) in [6.07, 6.45) is 6.07. The van der Waals surface area contributed by atoms with E-state index in [4.69, 9.17) is 0 Å². The number of hydrogen-bond donors (Lipinski definition) is 1. The lowest BCUT2D eigenvalue weighted by Gasteiger charge is -2.41. The molecule has 2 atom stereocenters. The molecule has 0 amide bonds. The third kappa shape index (κ3) is 4.81. The molecule has 1 heterocycles. The summed E-state index contributed by atoms with van der Waals surface area (Å²) in [4.78, 5) is 4.52. The molecule has 21 heavy (non-hydrogen) atoms. The zero-order valence-electron chi connectivity index (χ0n) is 14.4. The number of nitrogens with zero attached hydrogens (tertiary/aromatic N) is 1. The number of hydrogen-bond acceptors (Lipinski definition) is 2. The molecule has 0 aliphatic heterocycles. The molecule has 0 spiro atoms. The van der Waals surface area contributed by atoms with Gasteiger partial charge in [-0.3, -0.25) is 4.98 Å². The maximum atomic E-state index is 4.52. The molecule has 0 aromatic carbocycles. The van der Waals surface area contributed by atoms with Crippen LogP contribution in [0.5, 0.6) is 0 Å². The van der Waals surface area contributed by atoms with E-state index in [1.54, 1.807) is 0 Å². The lowest BCUT2D eigenvalue weighted by Crippen LogP contribution is -2.36. The summed E-state index contributed by atoms with van der Waals surface area (Å²) in [5.41, 5.74) is 3.01. The topological polar surface area (TPSA) is 24.9 Å². The van der Waals surface area contributed by atoms with Gasteiger partial charge >= 0.3 is 0 Å². The number of pyridine rings is 1. The molecule has 1 aromatic rings. The molecule has 2 heteroatoms. The smallest absolute Gasteiger partial charge is 0.0372 e. The van der Waals surface area contributed by atoms with Gasteiger partial charge in [-0.1, -0.05) is 33.8 Å². The van der Waals surface area contributed by atoms with E-state index in [9.17, 15) is 0 Å². The van der Waals surface area contributed by atoms with E-state index in [1.165, 1.54) is 24.8 Å². The van der Waals surface area contributed by atoms with E-state index >= 15 is 0 Å². The largest absolute Gasteiger partial charge is 0.316 e. The highest BCUT2D eigenvalue weighted by atomic mass is 14.9. The first-order chi connectivity index (χ1) is 9.87. The van der Waals surface area contributed by atoms with Crippen LogP contribution in [0.4, 0.5) is 0 Å². The molecule has 0 saturated heterocycles. The predicted octanol–water partition coefficient (Wildman–Crippen LogP) is 4.55. The van der Waals surface area contributed by atoms with E-state index in [0.29, 0.717) is 11.3 Å². The van der Waals surface area contributed by atoms with E-state index in [0.717, 1.165) is 30.6 Å². The Hall–Kier alpha value is -0.890. The summed E-state index contributed by atoms with van der Waals surface area (Å²) >= 11 is 0. The van der Waals surface area contributed by atoms with Crippen LogP contribution in [0.2, 0.25) is 0 Å². The number of aryl methyl sites for hydroxylation is 1. The second-order valence-electron chi connectivity index (χ2n) is 8.06. The van der Waals surface area contributed by atoms with E-state index in [2.05, 4.69) is 63.2 Å². The second kappa shape index (κ2) is 6.91. The highest BCUT2D eigenvalue weighted by Crippen LogP contribution is 2.46. The molecule has 1 N–H and O–H groups in total. The maximum Gasteiger partial charge on any atom is 0.0372 e. The molecule has 1 saturated carbocycles. The van der Waals surface area contributed by atoms with Crippen molar-refractivity contribution in [1.29, 1.82) is 0 Å². The van der Waals surface area contributed by atoms with Crippen molar-refractivity contribution in [1.82, 2.24) is 10.3 Å². The molecule has 1 aromatic heterocycles. The highest BCUT2D eigenvalue weighted by molar-refractivity contribution is 5.20. The minimum Gasteiger partial charge on any atom is -0.316 e. The minimum atomic E-state index is 0.462. The van der Waals surface area contributed by atoms with Crippen LogP contribution in [-0.4, -0.2) is 18.1 Å². The molecule has 1 fully saturated rings. The van der Waals surface area contributed by atoms with Crippen LogP contribution in [0.1, 0.15) is 64.1 Å². The van der Waals surface area contributed by atoms with Crippen molar-refractivity contribution in [3.63, 3.8) is 0 Å². The molecule has 1 aliphatic rings. The Morgan fingerprint density at radius 3 is 2.71 bits per heavy atom. The predicted molar refractivity (Wildman–Crippen MR) is 90.5 cm³/mol. The van der Waals surface area contributed by atoms with Crippen LogP contribution in [0.25, 0.3) is 0 Å². The Morgan fingerprint density at radius 2 is 2.10 bits per heavy atom. The molecule has 0 radical (unpaired) electrons. The number of aromatic nitrogens is 1. The van der Waals surface area contributed by atoms with Crippen molar-refractivity contribution in [2.45, 2.75) is 59.8 Å². The molecule has 0 bridgehead atoms. The molecular weight excluding hydrogens is 256 g/mol. The highest BCUT2D eigenvalue weighted by Gasteiger charge is 2.35. The molecule has 2 unspecified atom stereocenters. The SMILES string of the molecule is Cc1ccc(C2CC(C)(C)CCC2CNCC(C)C)cn1. The Labute approximate surface area is 130 Å². The van der Waals surface area contributed by atoms with Crippen molar-refractivity contribution in [3.05, 3.63) is 29.6 Å². The van der Waals surface area contributed by atoms with Gasteiger partial charge in [0.05, 0.1) is 0 Å². The second-order valence-corrected chi connectivity index (χ2v) is 8.06. The number of nitrogens with one attached hydrogen (secondary N) is 1. The summed E-state index contributed by atoms with van der Waals surface area (Å²) in [5, 5.41) is 3.67. The normalized spacial score (nSPS) is 25.2. The maximum absolute atomic E-state index is 4.52. The van der Waals surface area contributed by atoms with E-state index in [-0.39, 0.29) is 0 Å². The van der Waals surface area contributed by atoms with Gasteiger partial charge in [-0.15, -0.1) is 0 Å². The summed E-state index contributed by atoms with van der Waals surface area (Å²) < 4.78 is 0. The molecule has 118 valence electrons. The van der Waals surface area contributed by atoms with Crippen molar-refractivity contribution in [3.8, 4) is 0 Å². The first-order valence-corrected chi connectivity index (χ1v) is 8.51. The lowest BCUT2D eigenvalue weighted by molar-refractivity contribution is 0.159. The van der Waals surface area contributed by atoms with Crippen LogP contribution in [-0.2, 0) is 0 Å². The average Bonchev–Trinajstić information content (AvgIpc) is 2.40. The van der Waals surface area contributed by atoms with Crippen molar-refractivity contribution < 1.29 is 0 Å². The van der Waals surface area contributed by atoms with Gasteiger partial charge in [-0.25, -0.2) is 0 Å². The van der Waals surface area contributed by atoms with Crippen molar-refractivity contribution in [2.75, 3.05) is 13.1 Å². The van der Waals surface area contributed by atoms with Gasteiger partial charge in [0.15, 0.2) is 0 Å². The Kier molecular flexibility index (Phi) is 5.43. The third-order valence-corrected chi connectivity index (χ3v) is 4.85. The van der Waals surface area contributed by atoms with E-state index < -0.39 is 0 Å². The number of rotatable bonds is 5. The zero-order valence-corrected chi connectivity index (χ0v) is 14.4. The van der Waals surface area contributed by atoms with Crippen LogP contribution in [0, 0.1) is 24.2 Å². The van der Waals surface area contributed by atoms with Crippen LogP contribution in [0.3, 0.4) is 0 Å². The third-order valence-electron chi connectivity index (χ3n) is 4.85. The standard InChI is InChI=1S/C19H32N2/c1-14(2)11-20-12-17-8-9-19(4,5)10-18(17)16-7-6-15(3)21-13-16/h6-7,13-14,17-18,20H,8-12H2,1-5H3. The Bertz CT molecular complexity index is 433. The van der Waals surface area contributed by atoms with Gasteiger partial charge in [0.2, 0.25) is 0 Å². The fraction of sp³-hybridized carbons (Fsp3) is 0.737.